The fraction of sp³-hybridized carbons (Fsp3) is 0.250. The summed E-state index contributed by atoms with van der Waals surface area (Å²) in [6, 6.07) is 12.6. The van der Waals surface area contributed by atoms with Crippen molar-refractivity contribution >= 4 is 45.4 Å². The quantitative estimate of drug-likeness (QED) is 0.420. The van der Waals surface area contributed by atoms with Crippen LogP contribution in [0.3, 0.4) is 0 Å². The molecule has 4 rings (SSSR count). The van der Waals surface area contributed by atoms with E-state index in [1.54, 1.807) is 13.0 Å². The zero-order valence-electron chi connectivity index (χ0n) is 17.4. The molecular weight excluding hydrogens is 451 g/mol. The number of carbonyl (C=O) groups excluding carboxylic acids is 2. The summed E-state index contributed by atoms with van der Waals surface area (Å²) in [6.45, 7) is 1.80. The van der Waals surface area contributed by atoms with Gasteiger partial charge < -0.3 is 15.4 Å². The molecule has 0 saturated heterocycles. The van der Waals surface area contributed by atoms with Crippen molar-refractivity contribution in [1.29, 1.82) is 0 Å². The normalized spacial score (nSPS) is 13.7. The molecule has 32 heavy (non-hydrogen) atoms. The molecule has 2 N–H and O–H groups in total. The van der Waals surface area contributed by atoms with Crippen molar-refractivity contribution in [2.45, 2.75) is 38.7 Å². The first-order valence-electron chi connectivity index (χ1n) is 10.3. The third-order valence-corrected chi connectivity index (χ3v) is 6.72. The molecule has 166 valence electrons. The lowest BCUT2D eigenvalue weighted by Gasteiger charge is -2.13. The molecule has 0 aliphatic heterocycles. The molecule has 5 nitrogen and oxygen atoms in total. The average molecular weight is 473 g/mol. The van der Waals surface area contributed by atoms with Crippen LogP contribution in [0.25, 0.3) is 0 Å². The maximum absolute atomic E-state index is 13.2. The van der Waals surface area contributed by atoms with E-state index in [2.05, 4.69) is 10.6 Å². The molecule has 0 unspecified atom stereocenters. The van der Waals surface area contributed by atoms with Gasteiger partial charge >= 0.3 is 0 Å². The molecule has 2 amide bonds. The summed E-state index contributed by atoms with van der Waals surface area (Å²) in [4.78, 5) is 25.7. The van der Waals surface area contributed by atoms with E-state index < -0.39 is 11.7 Å². The van der Waals surface area contributed by atoms with Crippen LogP contribution in [-0.2, 0) is 0 Å². The van der Waals surface area contributed by atoms with Gasteiger partial charge in [-0.2, -0.15) is 0 Å². The number of hydrogen-bond donors (Lipinski definition) is 2. The number of carbonyl (C=O) groups is 2. The molecule has 1 heterocycles. The highest BCUT2D eigenvalue weighted by Crippen LogP contribution is 2.29. The summed E-state index contributed by atoms with van der Waals surface area (Å²) in [5.41, 5.74) is 1.55. The molecule has 8 heteroatoms. The second-order valence-electron chi connectivity index (χ2n) is 7.70. The monoisotopic (exact) mass is 472 g/mol. The number of rotatable bonds is 6. The Morgan fingerprint density at radius 1 is 1.03 bits per heavy atom. The predicted molar refractivity (Wildman–Crippen MR) is 126 cm³/mol. The van der Waals surface area contributed by atoms with Crippen LogP contribution < -0.4 is 15.4 Å². The molecule has 1 fully saturated rings. The third-order valence-electron chi connectivity index (χ3n) is 5.25. The van der Waals surface area contributed by atoms with E-state index in [-0.39, 0.29) is 22.6 Å². The third kappa shape index (κ3) is 5.29. The van der Waals surface area contributed by atoms with Crippen LogP contribution in [0.15, 0.2) is 48.5 Å². The fourth-order valence-corrected chi connectivity index (χ4v) is 4.84. The molecule has 3 aromatic rings. The van der Waals surface area contributed by atoms with Crippen molar-refractivity contribution in [3.05, 3.63) is 75.4 Å². The van der Waals surface area contributed by atoms with Gasteiger partial charge in [-0.25, -0.2) is 4.39 Å². The second-order valence-corrected chi connectivity index (χ2v) is 9.16. The SMILES string of the molecule is Cc1cc(NC(=O)c2ccc(F)cc2Cl)sc1C(=O)Nc1ccc(OC2CCCC2)cc1. The van der Waals surface area contributed by atoms with Crippen LogP contribution in [0.2, 0.25) is 5.02 Å². The van der Waals surface area contributed by atoms with Crippen LogP contribution in [0.5, 0.6) is 5.75 Å². The smallest absolute Gasteiger partial charge is 0.266 e. The highest BCUT2D eigenvalue weighted by atomic mass is 35.5. The van der Waals surface area contributed by atoms with Crippen LogP contribution in [0.4, 0.5) is 15.1 Å². The molecule has 0 bridgehead atoms. The van der Waals surface area contributed by atoms with E-state index in [0.717, 1.165) is 41.6 Å². The summed E-state index contributed by atoms with van der Waals surface area (Å²) >= 11 is 7.11. The van der Waals surface area contributed by atoms with Gasteiger partial charge in [0.05, 0.1) is 26.6 Å². The maximum atomic E-state index is 13.2. The van der Waals surface area contributed by atoms with E-state index >= 15 is 0 Å². The van der Waals surface area contributed by atoms with Crippen LogP contribution in [0.1, 0.15) is 51.3 Å². The molecule has 0 spiro atoms. The lowest BCUT2D eigenvalue weighted by atomic mass is 10.2. The molecule has 1 aliphatic rings. The summed E-state index contributed by atoms with van der Waals surface area (Å²) < 4.78 is 19.2. The molecule has 2 aromatic carbocycles. The number of aryl methyl sites for hydroxylation is 1. The van der Waals surface area contributed by atoms with Crippen molar-refractivity contribution in [1.82, 2.24) is 0 Å². The van der Waals surface area contributed by atoms with Crippen LogP contribution in [0, 0.1) is 12.7 Å². The Morgan fingerprint density at radius 3 is 2.44 bits per heavy atom. The van der Waals surface area contributed by atoms with Crippen molar-refractivity contribution in [2.75, 3.05) is 10.6 Å². The molecule has 1 aliphatic carbocycles. The van der Waals surface area contributed by atoms with Crippen molar-refractivity contribution in [3.63, 3.8) is 0 Å². The van der Waals surface area contributed by atoms with E-state index in [4.69, 9.17) is 16.3 Å². The zero-order chi connectivity index (χ0) is 22.7. The Hall–Kier alpha value is -2.90. The number of halogens is 2. The van der Waals surface area contributed by atoms with Gasteiger partial charge in [0.2, 0.25) is 0 Å². The number of hydrogen-bond acceptors (Lipinski definition) is 4. The Labute approximate surface area is 194 Å². The van der Waals surface area contributed by atoms with E-state index in [9.17, 15) is 14.0 Å². The van der Waals surface area contributed by atoms with Gasteiger partial charge in [0.25, 0.3) is 11.8 Å². The first-order chi connectivity index (χ1) is 15.4. The number of benzene rings is 2. The zero-order valence-corrected chi connectivity index (χ0v) is 19.0. The summed E-state index contributed by atoms with van der Waals surface area (Å²) in [7, 11) is 0. The summed E-state index contributed by atoms with van der Waals surface area (Å²) in [6.07, 6.45) is 4.87. The highest BCUT2D eigenvalue weighted by Gasteiger charge is 2.18. The van der Waals surface area contributed by atoms with Crippen molar-refractivity contribution < 1.29 is 18.7 Å². The molecule has 1 saturated carbocycles. The molecule has 1 aromatic heterocycles. The minimum absolute atomic E-state index is 0.0223. The Kier molecular flexibility index (Phi) is 6.77. The Balaban J connectivity index is 1.39. The van der Waals surface area contributed by atoms with Crippen molar-refractivity contribution in [2.24, 2.45) is 0 Å². The lowest BCUT2D eigenvalue weighted by molar-refractivity contribution is 0.102. The first-order valence-corrected chi connectivity index (χ1v) is 11.5. The number of thiophene rings is 1. The minimum Gasteiger partial charge on any atom is -0.490 e. The van der Waals surface area contributed by atoms with Crippen LogP contribution in [-0.4, -0.2) is 17.9 Å². The van der Waals surface area contributed by atoms with Gasteiger partial charge in [0.15, 0.2) is 0 Å². The molecule has 0 radical (unpaired) electrons. The van der Waals surface area contributed by atoms with E-state index in [0.29, 0.717) is 15.6 Å². The topological polar surface area (TPSA) is 67.4 Å². The van der Waals surface area contributed by atoms with Gasteiger partial charge in [-0.1, -0.05) is 11.6 Å². The number of ether oxygens (including phenoxy) is 1. The number of nitrogens with one attached hydrogen (secondary N) is 2. The average Bonchev–Trinajstić information content (AvgIpc) is 3.38. The fourth-order valence-electron chi connectivity index (χ4n) is 3.63. The lowest BCUT2D eigenvalue weighted by Crippen LogP contribution is -2.12. The summed E-state index contributed by atoms with van der Waals surface area (Å²) in [5.74, 6) is -0.458. The van der Waals surface area contributed by atoms with Gasteiger partial charge in [0, 0.05) is 5.69 Å². The van der Waals surface area contributed by atoms with Gasteiger partial charge in [-0.15, -0.1) is 11.3 Å². The van der Waals surface area contributed by atoms with E-state index in [1.807, 2.05) is 24.3 Å². The first kappa shape index (κ1) is 22.3. The number of amides is 2. The van der Waals surface area contributed by atoms with Gasteiger partial charge in [0.1, 0.15) is 11.6 Å². The van der Waals surface area contributed by atoms with Crippen LogP contribution >= 0.6 is 22.9 Å². The standard InChI is InChI=1S/C24H22ClFN2O3S/c1-14-12-21(28-23(29)19-11-6-15(26)13-20(19)25)32-22(14)24(30)27-16-7-9-18(10-8-16)31-17-4-2-3-5-17/h6-13,17H,2-5H2,1H3,(H,27,30)(H,28,29). The van der Waals surface area contributed by atoms with E-state index in [1.165, 1.54) is 25.0 Å². The molecule has 0 atom stereocenters. The Bertz CT molecular complexity index is 1140. The minimum atomic E-state index is -0.518. The summed E-state index contributed by atoms with van der Waals surface area (Å²) in [5, 5.41) is 6.11. The van der Waals surface area contributed by atoms with Gasteiger partial charge in [-0.3, -0.25) is 9.59 Å². The maximum Gasteiger partial charge on any atom is 0.266 e. The predicted octanol–water partition coefficient (Wildman–Crippen LogP) is 6.68. The van der Waals surface area contributed by atoms with Gasteiger partial charge in [-0.05, 0) is 86.7 Å². The number of anilines is 2. The second kappa shape index (κ2) is 9.71. The largest absolute Gasteiger partial charge is 0.490 e. The highest BCUT2D eigenvalue weighted by molar-refractivity contribution is 7.18. The molecular formula is C24H22ClFN2O3S. The Morgan fingerprint density at radius 2 is 1.75 bits per heavy atom. The van der Waals surface area contributed by atoms with Crippen molar-refractivity contribution in [3.8, 4) is 5.75 Å².